The second kappa shape index (κ2) is 4.93. The van der Waals surface area contributed by atoms with Gasteiger partial charge in [-0.25, -0.2) is 4.39 Å². The maximum Gasteiger partial charge on any atom is 0.272 e. The summed E-state index contributed by atoms with van der Waals surface area (Å²) in [6.45, 7) is 0.0578. The predicted molar refractivity (Wildman–Crippen MR) is 64.2 cm³/mol. The number of carbonyl (C=O) groups excluding carboxylic acids is 1. The van der Waals surface area contributed by atoms with E-state index >= 15 is 0 Å². The van der Waals surface area contributed by atoms with Crippen LogP contribution in [-0.2, 0) is 0 Å². The van der Waals surface area contributed by atoms with Gasteiger partial charge in [0.25, 0.3) is 11.6 Å². The van der Waals surface area contributed by atoms with Crippen LogP contribution in [0.4, 0.5) is 10.1 Å². The van der Waals surface area contributed by atoms with Crippen LogP contribution in [0.15, 0.2) is 18.2 Å². The van der Waals surface area contributed by atoms with Crippen LogP contribution in [-0.4, -0.2) is 28.1 Å². The lowest BCUT2D eigenvalue weighted by Crippen LogP contribution is -2.47. The average molecular weight is 268 g/mol. The standard InChI is InChI=1S/C12H13FN2O4/c13-10-6-8(15(18)19)2-3-9(10)11(16)14-7-12(17)4-1-5-12/h2-3,6,17H,1,4-5,7H2,(H,14,16). The molecule has 0 bridgehead atoms. The molecule has 1 amide bonds. The van der Waals surface area contributed by atoms with E-state index in [-0.39, 0.29) is 12.1 Å². The number of non-ortho nitro benzene ring substituents is 1. The first-order valence-corrected chi connectivity index (χ1v) is 5.86. The molecule has 0 unspecified atom stereocenters. The molecule has 1 aromatic carbocycles. The van der Waals surface area contributed by atoms with Crippen LogP contribution in [0.2, 0.25) is 0 Å². The highest BCUT2D eigenvalue weighted by atomic mass is 19.1. The van der Waals surface area contributed by atoms with E-state index in [1.165, 1.54) is 0 Å². The molecule has 0 atom stereocenters. The van der Waals surface area contributed by atoms with Crippen LogP contribution in [0.1, 0.15) is 29.6 Å². The lowest BCUT2D eigenvalue weighted by atomic mass is 9.80. The van der Waals surface area contributed by atoms with Gasteiger partial charge in [0, 0.05) is 12.6 Å². The normalized spacial score (nSPS) is 16.5. The molecule has 1 aliphatic carbocycles. The molecule has 2 N–H and O–H groups in total. The number of carbonyl (C=O) groups is 1. The Morgan fingerprint density at radius 2 is 2.21 bits per heavy atom. The molecular formula is C12H13FN2O4. The third-order valence-electron chi connectivity index (χ3n) is 3.27. The van der Waals surface area contributed by atoms with Crippen LogP contribution in [0.25, 0.3) is 0 Å². The molecule has 0 aromatic heterocycles. The maximum atomic E-state index is 13.5. The molecule has 1 aliphatic rings. The lowest BCUT2D eigenvalue weighted by Gasteiger charge is -2.36. The molecule has 6 nitrogen and oxygen atoms in total. The first-order valence-electron chi connectivity index (χ1n) is 5.86. The maximum absolute atomic E-state index is 13.5. The molecule has 0 aliphatic heterocycles. The molecular weight excluding hydrogens is 255 g/mol. The van der Waals surface area contributed by atoms with Crippen molar-refractivity contribution < 1.29 is 19.2 Å². The molecule has 1 aromatic rings. The summed E-state index contributed by atoms with van der Waals surface area (Å²) >= 11 is 0. The number of rotatable bonds is 4. The van der Waals surface area contributed by atoms with Gasteiger partial charge in [0.05, 0.1) is 22.2 Å². The van der Waals surface area contributed by atoms with Crippen LogP contribution in [0, 0.1) is 15.9 Å². The zero-order chi connectivity index (χ0) is 14.0. The molecule has 19 heavy (non-hydrogen) atoms. The Kier molecular flexibility index (Phi) is 3.48. The van der Waals surface area contributed by atoms with E-state index in [0.29, 0.717) is 18.9 Å². The largest absolute Gasteiger partial charge is 0.388 e. The van der Waals surface area contributed by atoms with E-state index in [1.54, 1.807) is 0 Å². The fraction of sp³-hybridized carbons (Fsp3) is 0.417. The van der Waals surface area contributed by atoms with Crippen molar-refractivity contribution in [3.8, 4) is 0 Å². The van der Waals surface area contributed by atoms with Gasteiger partial charge in [-0.05, 0) is 25.3 Å². The molecule has 0 spiro atoms. The van der Waals surface area contributed by atoms with E-state index in [9.17, 15) is 24.4 Å². The van der Waals surface area contributed by atoms with Gasteiger partial charge in [-0.1, -0.05) is 0 Å². The second-order valence-electron chi connectivity index (χ2n) is 4.68. The smallest absolute Gasteiger partial charge is 0.272 e. The molecule has 1 saturated carbocycles. The zero-order valence-electron chi connectivity index (χ0n) is 10.1. The van der Waals surface area contributed by atoms with Gasteiger partial charge < -0.3 is 10.4 Å². The highest BCUT2D eigenvalue weighted by Gasteiger charge is 2.34. The summed E-state index contributed by atoms with van der Waals surface area (Å²) in [6.07, 6.45) is 2.12. The van der Waals surface area contributed by atoms with E-state index in [0.717, 1.165) is 18.6 Å². The monoisotopic (exact) mass is 268 g/mol. The minimum atomic E-state index is -0.952. The molecule has 0 radical (unpaired) electrons. The third-order valence-corrected chi connectivity index (χ3v) is 3.27. The molecule has 0 saturated heterocycles. The van der Waals surface area contributed by atoms with E-state index in [4.69, 9.17) is 0 Å². The Labute approximate surface area is 108 Å². The fourth-order valence-corrected chi connectivity index (χ4v) is 1.90. The average Bonchev–Trinajstić information content (AvgIpc) is 2.33. The molecule has 1 fully saturated rings. The summed E-state index contributed by atoms with van der Waals surface area (Å²) < 4.78 is 13.5. The van der Waals surface area contributed by atoms with Crippen LogP contribution in [0.3, 0.4) is 0 Å². The summed E-state index contributed by atoms with van der Waals surface area (Å²) in [5.74, 6) is -1.64. The Morgan fingerprint density at radius 1 is 1.53 bits per heavy atom. The van der Waals surface area contributed by atoms with Crippen molar-refractivity contribution in [2.45, 2.75) is 24.9 Å². The molecule has 2 rings (SSSR count). The van der Waals surface area contributed by atoms with Crippen LogP contribution >= 0.6 is 0 Å². The SMILES string of the molecule is O=C(NCC1(O)CCC1)c1ccc([N+](=O)[O-])cc1F. The van der Waals surface area contributed by atoms with Crippen molar-refractivity contribution in [2.24, 2.45) is 0 Å². The third kappa shape index (κ3) is 2.87. The van der Waals surface area contributed by atoms with Crippen molar-refractivity contribution in [1.82, 2.24) is 5.32 Å². The summed E-state index contributed by atoms with van der Waals surface area (Å²) in [5, 5.41) is 22.7. The van der Waals surface area contributed by atoms with Crippen molar-refractivity contribution in [3.05, 3.63) is 39.7 Å². The molecule has 102 valence electrons. The summed E-state index contributed by atoms with van der Waals surface area (Å²) in [5.41, 5.74) is -1.58. The summed E-state index contributed by atoms with van der Waals surface area (Å²) in [6, 6.07) is 2.83. The first kappa shape index (κ1) is 13.4. The summed E-state index contributed by atoms with van der Waals surface area (Å²) in [4.78, 5) is 21.4. The van der Waals surface area contributed by atoms with Gasteiger partial charge in [-0.15, -0.1) is 0 Å². The van der Waals surface area contributed by atoms with Gasteiger partial charge in [0.2, 0.25) is 0 Å². The van der Waals surface area contributed by atoms with E-state index in [2.05, 4.69) is 5.32 Å². The van der Waals surface area contributed by atoms with Crippen LogP contribution < -0.4 is 5.32 Å². The zero-order valence-corrected chi connectivity index (χ0v) is 10.1. The highest BCUT2D eigenvalue weighted by molar-refractivity contribution is 5.94. The van der Waals surface area contributed by atoms with Crippen molar-refractivity contribution in [2.75, 3.05) is 6.54 Å². The van der Waals surface area contributed by atoms with E-state index < -0.39 is 27.9 Å². The number of nitro benzene ring substituents is 1. The van der Waals surface area contributed by atoms with Gasteiger partial charge in [0.1, 0.15) is 5.82 Å². The number of halogens is 1. The Morgan fingerprint density at radius 3 is 2.68 bits per heavy atom. The van der Waals surface area contributed by atoms with Gasteiger partial charge >= 0.3 is 0 Å². The van der Waals surface area contributed by atoms with Crippen molar-refractivity contribution >= 4 is 11.6 Å². The number of nitrogens with one attached hydrogen (secondary N) is 1. The molecule has 0 heterocycles. The van der Waals surface area contributed by atoms with Crippen molar-refractivity contribution in [3.63, 3.8) is 0 Å². The predicted octanol–water partition coefficient (Wildman–Crippen LogP) is 1.38. The topological polar surface area (TPSA) is 92.5 Å². The Hall–Kier alpha value is -2.02. The highest BCUT2D eigenvalue weighted by Crippen LogP contribution is 2.30. The van der Waals surface area contributed by atoms with Gasteiger partial charge in [-0.2, -0.15) is 0 Å². The number of benzene rings is 1. The minimum Gasteiger partial charge on any atom is -0.388 e. The Bertz CT molecular complexity index is 528. The van der Waals surface area contributed by atoms with Gasteiger partial charge in [-0.3, -0.25) is 14.9 Å². The fourth-order valence-electron chi connectivity index (χ4n) is 1.90. The van der Waals surface area contributed by atoms with Crippen molar-refractivity contribution in [1.29, 1.82) is 0 Å². The van der Waals surface area contributed by atoms with Crippen LogP contribution in [0.5, 0.6) is 0 Å². The molecule has 7 heteroatoms. The number of nitrogens with zero attached hydrogens (tertiary/aromatic N) is 1. The lowest BCUT2D eigenvalue weighted by molar-refractivity contribution is -0.385. The quantitative estimate of drug-likeness (QED) is 0.637. The summed E-state index contributed by atoms with van der Waals surface area (Å²) in [7, 11) is 0. The van der Waals surface area contributed by atoms with E-state index in [1.807, 2.05) is 0 Å². The number of aliphatic hydroxyl groups is 1. The number of amides is 1. The minimum absolute atomic E-state index is 0.0578. The number of nitro groups is 1. The Balaban J connectivity index is 2.04. The van der Waals surface area contributed by atoms with Gasteiger partial charge in [0.15, 0.2) is 0 Å². The second-order valence-corrected chi connectivity index (χ2v) is 4.68. The number of hydrogen-bond acceptors (Lipinski definition) is 4. The first-order chi connectivity index (χ1) is 8.91. The number of hydrogen-bond donors (Lipinski definition) is 2.